The molecule has 0 amide bonds. The number of carbonyl (C=O) groups excluding carboxylic acids is 1. The Labute approximate surface area is 231 Å². The molecular weight excluding hydrogens is 501 g/mol. The first-order chi connectivity index (χ1) is 18.1. The molecule has 2 aliphatic rings. The first-order valence-corrected chi connectivity index (χ1v) is 14.8. The maximum absolute atomic E-state index is 11.9. The Morgan fingerprint density at radius 1 is 1.24 bits per heavy atom. The number of aliphatic hydroxyl groups excluding tert-OH is 2. The fourth-order valence-electron chi connectivity index (χ4n) is 5.59. The van der Waals surface area contributed by atoms with Gasteiger partial charge in [-0.25, -0.2) is 4.79 Å². The summed E-state index contributed by atoms with van der Waals surface area (Å²) in [7, 11) is 2.21. The van der Waals surface area contributed by atoms with Crippen molar-refractivity contribution in [1.82, 2.24) is 0 Å². The lowest BCUT2D eigenvalue weighted by atomic mass is 9.80. The van der Waals surface area contributed by atoms with E-state index < -0.39 is 29.9 Å². The molecule has 0 aromatic carbocycles. The minimum atomic E-state index is -1.49. The molecule has 1 aliphatic heterocycles. The summed E-state index contributed by atoms with van der Waals surface area (Å²) < 4.78 is 11.2. The molecule has 0 aromatic rings. The Hall–Kier alpha value is -1.34. The van der Waals surface area contributed by atoms with Crippen molar-refractivity contribution in [1.29, 1.82) is 0 Å². The van der Waals surface area contributed by atoms with Crippen LogP contribution in [0.1, 0.15) is 78.6 Å². The van der Waals surface area contributed by atoms with Crippen molar-refractivity contribution in [3.8, 4) is 0 Å². The molecule has 38 heavy (non-hydrogen) atoms. The standard InChI is InChI=1S/C30H50NO6P/c1-4-22(5-2)26(31)20-30(35,17-16-27-23(6-3)14-15-29(34)36-27)28(37-38)19-25(33)12-8-7-10-21-11-9-13-24(32)18-21/h7-8,10,12,14-17,21-28,32-33,35H,4-6,9,11,13,18-20,31,38H2,1-3H3. The zero-order valence-electron chi connectivity index (χ0n) is 23.3. The smallest absolute Gasteiger partial charge is 0.331 e. The van der Waals surface area contributed by atoms with Crippen LogP contribution in [0.25, 0.3) is 0 Å². The van der Waals surface area contributed by atoms with E-state index in [1.54, 1.807) is 24.3 Å². The van der Waals surface area contributed by atoms with Gasteiger partial charge in [0, 0.05) is 33.9 Å². The van der Waals surface area contributed by atoms with Crippen LogP contribution in [0, 0.1) is 17.8 Å². The molecule has 216 valence electrons. The molecule has 0 radical (unpaired) electrons. The minimum absolute atomic E-state index is 0.0156. The molecule has 5 N–H and O–H groups in total. The number of cyclic esters (lactones) is 1. The third-order valence-electron chi connectivity index (χ3n) is 8.11. The van der Waals surface area contributed by atoms with Gasteiger partial charge in [0.1, 0.15) is 11.7 Å². The Kier molecular flexibility index (Phi) is 14.4. The summed E-state index contributed by atoms with van der Waals surface area (Å²) in [5, 5.41) is 32.5. The average molecular weight is 552 g/mol. The van der Waals surface area contributed by atoms with E-state index in [0.29, 0.717) is 5.92 Å². The highest BCUT2D eigenvalue weighted by Gasteiger charge is 2.39. The lowest BCUT2D eigenvalue weighted by Crippen LogP contribution is -2.48. The topological polar surface area (TPSA) is 122 Å². The summed E-state index contributed by atoms with van der Waals surface area (Å²) in [6.07, 6.45) is 18.5. The van der Waals surface area contributed by atoms with Crippen LogP contribution in [0.4, 0.5) is 0 Å². The van der Waals surface area contributed by atoms with Gasteiger partial charge in [0.05, 0.1) is 18.3 Å². The second-order valence-electron chi connectivity index (χ2n) is 10.9. The van der Waals surface area contributed by atoms with Crippen molar-refractivity contribution >= 4 is 15.4 Å². The lowest BCUT2D eigenvalue weighted by Gasteiger charge is -2.37. The highest BCUT2D eigenvalue weighted by Crippen LogP contribution is 2.32. The third-order valence-corrected chi connectivity index (χ3v) is 8.44. The number of aliphatic hydroxyl groups is 3. The molecule has 1 aliphatic carbocycles. The fraction of sp³-hybridized carbons (Fsp3) is 0.700. The van der Waals surface area contributed by atoms with Crippen molar-refractivity contribution < 1.29 is 29.4 Å². The summed E-state index contributed by atoms with van der Waals surface area (Å²) in [6.45, 7) is 6.19. The molecule has 0 spiro atoms. The third kappa shape index (κ3) is 10.3. The van der Waals surface area contributed by atoms with Gasteiger partial charge in [-0.2, -0.15) is 0 Å². The van der Waals surface area contributed by atoms with Crippen LogP contribution >= 0.6 is 9.47 Å². The summed E-state index contributed by atoms with van der Waals surface area (Å²) in [5.74, 6) is 0.187. The number of hydrogen-bond donors (Lipinski definition) is 4. The van der Waals surface area contributed by atoms with E-state index in [-0.39, 0.29) is 36.8 Å². The number of allylic oxidation sites excluding steroid dienone is 3. The highest BCUT2D eigenvalue weighted by atomic mass is 31.0. The van der Waals surface area contributed by atoms with Crippen LogP contribution in [-0.4, -0.2) is 57.3 Å². The molecule has 1 heterocycles. The van der Waals surface area contributed by atoms with Crippen LogP contribution in [0.5, 0.6) is 0 Å². The first kappa shape index (κ1) is 32.9. The number of esters is 1. The SMILES string of the molecule is CCC1C=CC(=O)OC1C=CC(O)(CC(N)C(CC)CC)C(CC(O)C=CC=CC1CCCC(O)C1)OP. The number of ether oxygens (including phenoxy) is 1. The molecule has 0 aromatic heterocycles. The van der Waals surface area contributed by atoms with Crippen molar-refractivity contribution in [2.45, 2.75) is 115 Å². The van der Waals surface area contributed by atoms with E-state index in [2.05, 4.69) is 29.4 Å². The second-order valence-corrected chi connectivity index (χ2v) is 11.2. The van der Waals surface area contributed by atoms with Gasteiger partial charge in [-0.05, 0) is 50.0 Å². The molecule has 1 fully saturated rings. The number of rotatable bonds is 15. The van der Waals surface area contributed by atoms with Gasteiger partial charge in [0.2, 0.25) is 0 Å². The van der Waals surface area contributed by atoms with Crippen molar-refractivity contribution in [3.05, 3.63) is 48.6 Å². The van der Waals surface area contributed by atoms with Gasteiger partial charge in [-0.15, -0.1) is 0 Å². The van der Waals surface area contributed by atoms with Crippen molar-refractivity contribution in [2.75, 3.05) is 0 Å². The second kappa shape index (κ2) is 16.7. The Bertz CT molecular complexity index is 826. The van der Waals surface area contributed by atoms with E-state index in [1.807, 2.05) is 19.1 Å². The van der Waals surface area contributed by atoms with Crippen LogP contribution in [0.15, 0.2) is 48.6 Å². The van der Waals surface area contributed by atoms with E-state index >= 15 is 0 Å². The average Bonchev–Trinajstić information content (AvgIpc) is 2.89. The van der Waals surface area contributed by atoms with Crippen LogP contribution < -0.4 is 5.73 Å². The number of nitrogens with two attached hydrogens (primary N) is 1. The van der Waals surface area contributed by atoms with Gasteiger partial charge in [0.15, 0.2) is 0 Å². The molecule has 7 nitrogen and oxygen atoms in total. The zero-order chi connectivity index (χ0) is 28.1. The monoisotopic (exact) mass is 551 g/mol. The number of carbonyl (C=O) groups is 1. The summed E-state index contributed by atoms with van der Waals surface area (Å²) in [6, 6.07) is -0.278. The van der Waals surface area contributed by atoms with Gasteiger partial charge in [-0.1, -0.05) is 76.5 Å². The summed E-state index contributed by atoms with van der Waals surface area (Å²) in [4.78, 5) is 11.9. The lowest BCUT2D eigenvalue weighted by molar-refractivity contribution is -0.143. The van der Waals surface area contributed by atoms with Crippen molar-refractivity contribution in [3.63, 3.8) is 0 Å². The largest absolute Gasteiger partial charge is 0.454 e. The fourth-order valence-corrected chi connectivity index (χ4v) is 5.94. The van der Waals surface area contributed by atoms with Crippen molar-refractivity contribution in [2.24, 2.45) is 23.5 Å². The normalized spacial score (nSPS) is 28.7. The molecule has 0 bridgehead atoms. The predicted molar refractivity (Wildman–Crippen MR) is 155 cm³/mol. The number of hydrogen-bond acceptors (Lipinski definition) is 7. The van der Waals surface area contributed by atoms with E-state index in [4.69, 9.17) is 15.0 Å². The maximum atomic E-state index is 11.9. The summed E-state index contributed by atoms with van der Waals surface area (Å²) in [5.41, 5.74) is 5.07. The van der Waals surface area contributed by atoms with Gasteiger partial charge in [-0.3, -0.25) is 0 Å². The Morgan fingerprint density at radius 2 is 1.97 bits per heavy atom. The zero-order valence-corrected chi connectivity index (χ0v) is 24.5. The predicted octanol–water partition coefficient (Wildman–Crippen LogP) is 4.52. The van der Waals surface area contributed by atoms with E-state index in [9.17, 15) is 20.1 Å². The van der Waals surface area contributed by atoms with E-state index in [0.717, 1.165) is 44.9 Å². The van der Waals surface area contributed by atoms with Gasteiger partial charge < -0.3 is 30.3 Å². The highest BCUT2D eigenvalue weighted by molar-refractivity contribution is 7.09. The first-order valence-electron chi connectivity index (χ1n) is 14.3. The molecule has 9 atom stereocenters. The van der Waals surface area contributed by atoms with Gasteiger partial charge >= 0.3 is 5.97 Å². The molecular formula is C30H50NO6P. The summed E-state index contributed by atoms with van der Waals surface area (Å²) >= 11 is 0. The van der Waals surface area contributed by atoms with Crippen LogP contribution in [-0.2, 0) is 14.1 Å². The maximum Gasteiger partial charge on any atom is 0.331 e. The quantitative estimate of drug-likeness (QED) is 0.102. The van der Waals surface area contributed by atoms with Crippen LogP contribution in [0.2, 0.25) is 0 Å². The minimum Gasteiger partial charge on any atom is -0.454 e. The molecule has 8 heteroatoms. The van der Waals surface area contributed by atoms with Gasteiger partial charge in [0.25, 0.3) is 0 Å². The Balaban J connectivity index is 2.17. The van der Waals surface area contributed by atoms with E-state index in [1.165, 1.54) is 6.08 Å². The molecule has 1 saturated carbocycles. The molecule has 9 unspecified atom stereocenters. The molecule has 2 rings (SSSR count). The molecule has 0 saturated heterocycles. The Morgan fingerprint density at radius 3 is 2.61 bits per heavy atom. The van der Waals surface area contributed by atoms with Crippen LogP contribution in [0.3, 0.4) is 0 Å².